The van der Waals surface area contributed by atoms with E-state index < -0.39 is 0 Å². The number of nitrogens with one attached hydrogen (secondary N) is 3. The van der Waals surface area contributed by atoms with Crippen LogP contribution in [0.1, 0.15) is 47.8 Å². The molecule has 3 heterocycles. The van der Waals surface area contributed by atoms with Gasteiger partial charge in [0.15, 0.2) is 5.82 Å². The van der Waals surface area contributed by atoms with Gasteiger partial charge in [0.1, 0.15) is 11.6 Å². The number of para-hydroxylation sites is 1. The molecule has 1 aliphatic heterocycles. The Morgan fingerprint density at radius 1 is 1.18 bits per heavy atom. The van der Waals surface area contributed by atoms with Gasteiger partial charge in [0.05, 0.1) is 34.4 Å². The molecule has 2 aliphatic rings. The molecule has 1 atom stereocenters. The van der Waals surface area contributed by atoms with Gasteiger partial charge in [0.2, 0.25) is 5.91 Å². The second-order valence-corrected chi connectivity index (χ2v) is 8.47. The molecule has 3 N–H and O–H groups in total. The van der Waals surface area contributed by atoms with E-state index in [0.717, 1.165) is 35.7 Å². The molecule has 2 aromatic heterocycles. The van der Waals surface area contributed by atoms with Crippen LogP contribution >= 0.6 is 0 Å². The number of hydrogen-bond donors (Lipinski definition) is 3. The first-order chi connectivity index (χ1) is 15.9. The lowest BCUT2D eigenvalue weighted by atomic mass is 10.1. The fourth-order valence-corrected chi connectivity index (χ4v) is 4.08. The number of amides is 2. The van der Waals surface area contributed by atoms with E-state index >= 15 is 0 Å². The predicted octanol–water partition coefficient (Wildman–Crippen LogP) is 2.93. The van der Waals surface area contributed by atoms with Crippen molar-refractivity contribution in [1.82, 2.24) is 25.1 Å². The third-order valence-corrected chi connectivity index (χ3v) is 6.13. The topological polar surface area (TPSA) is 117 Å². The number of aryl methyl sites for hydroxylation is 1. The molecule has 0 radical (unpaired) electrons. The highest BCUT2D eigenvalue weighted by Crippen LogP contribution is 2.42. The highest BCUT2D eigenvalue weighted by molar-refractivity contribution is 6.02. The van der Waals surface area contributed by atoms with E-state index in [-0.39, 0.29) is 23.8 Å². The van der Waals surface area contributed by atoms with Gasteiger partial charge in [-0.25, -0.2) is 14.6 Å². The summed E-state index contributed by atoms with van der Waals surface area (Å²) in [7, 11) is 3.58. The summed E-state index contributed by atoms with van der Waals surface area (Å²) < 4.78 is 1.87. The summed E-state index contributed by atoms with van der Waals surface area (Å²) in [5, 5.41) is 13.5. The minimum Gasteiger partial charge on any atom is -0.361 e. The Hall–Kier alpha value is -3.95. The minimum absolute atomic E-state index is 0.00546. The van der Waals surface area contributed by atoms with Crippen LogP contribution < -0.4 is 20.9 Å². The van der Waals surface area contributed by atoms with Crippen molar-refractivity contribution in [3.63, 3.8) is 0 Å². The zero-order chi connectivity index (χ0) is 23.3. The van der Waals surface area contributed by atoms with Gasteiger partial charge in [0, 0.05) is 32.3 Å². The molecule has 0 spiro atoms. The Kier molecular flexibility index (Phi) is 4.99. The smallest absolute Gasteiger partial charge is 0.254 e. The summed E-state index contributed by atoms with van der Waals surface area (Å²) in [6.45, 7) is 3.96. The van der Waals surface area contributed by atoms with Crippen LogP contribution in [0.15, 0.2) is 30.5 Å². The molecule has 1 aromatic carbocycles. The zero-order valence-corrected chi connectivity index (χ0v) is 19.0. The lowest BCUT2D eigenvalue weighted by Crippen LogP contribution is -2.31. The summed E-state index contributed by atoms with van der Waals surface area (Å²) >= 11 is 0. The van der Waals surface area contributed by atoms with Gasteiger partial charge in [-0.05, 0) is 38.8 Å². The van der Waals surface area contributed by atoms with Crippen molar-refractivity contribution in [2.45, 2.75) is 32.7 Å². The lowest BCUT2D eigenvalue weighted by Gasteiger charge is -2.35. The largest absolute Gasteiger partial charge is 0.361 e. The number of benzene rings is 1. The summed E-state index contributed by atoms with van der Waals surface area (Å²) in [5.41, 5.74) is 3.56. The van der Waals surface area contributed by atoms with Crippen LogP contribution in [0.2, 0.25) is 0 Å². The Morgan fingerprint density at radius 3 is 2.70 bits per heavy atom. The molecule has 170 valence electrons. The van der Waals surface area contributed by atoms with Crippen molar-refractivity contribution < 1.29 is 9.59 Å². The monoisotopic (exact) mass is 446 g/mol. The average molecular weight is 447 g/mol. The van der Waals surface area contributed by atoms with Crippen LogP contribution in [-0.4, -0.2) is 45.7 Å². The van der Waals surface area contributed by atoms with Crippen LogP contribution in [-0.2, 0) is 4.79 Å². The number of anilines is 4. The molecule has 1 saturated carbocycles. The number of rotatable bonds is 5. The highest BCUT2D eigenvalue weighted by Gasteiger charge is 2.32. The molecular weight excluding hydrogens is 420 g/mol. The van der Waals surface area contributed by atoms with Gasteiger partial charge in [0.25, 0.3) is 5.91 Å². The summed E-state index contributed by atoms with van der Waals surface area (Å²) in [6, 6.07) is 7.58. The van der Waals surface area contributed by atoms with E-state index in [1.807, 2.05) is 36.9 Å². The van der Waals surface area contributed by atoms with Crippen LogP contribution in [0.3, 0.4) is 0 Å². The molecule has 3 aromatic rings. The maximum Gasteiger partial charge on any atom is 0.254 e. The first-order valence-corrected chi connectivity index (χ1v) is 11.0. The van der Waals surface area contributed by atoms with Crippen LogP contribution in [0, 0.1) is 12.8 Å². The van der Waals surface area contributed by atoms with Crippen molar-refractivity contribution in [2.24, 2.45) is 5.92 Å². The van der Waals surface area contributed by atoms with Gasteiger partial charge >= 0.3 is 0 Å². The van der Waals surface area contributed by atoms with Crippen molar-refractivity contribution in [3.05, 3.63) is 47.7 Å². The van der Waals surface area contributed by atoms with E-state index in [1.165, 1.54) is 6.20 Å². The van der Waals surface area contributed by atoms with Crippen LogP contribution in [0.4, 0.5) is 22.9 Å². The van der Waals surface area contributed by atoms with E-state index in [1.54, 1.807) is 13.1 Å². The molecular formula is C23H26N8O2. The molecule has 5 rings (SSSR count). The van der Waals surface area contributed by atoms with E-state index in [9.17, 15) is 9.59 Å². The first kappa shape index (κ1) is 20.9. The molecule has 1 aliphatic carbocycles. The van der Waals surface area contributed by atoms with Gasteiger partial charge in [-0.3, -0.25) is 9.59 Å². The quantitative estimate of drug-likeness (QED) is 0.552. The maximum absolute atomic E-state index is 12.5. The molecule has 0 unspecified atom stereocenters. The average Bonchev–Trinajstić information content (AvgIpc) is 3.58. The molecule has 10 nitrogen and oxygen atoms in total. The number of nitrogens with zero attached hydrogens (tertiary/aromatic N) is 5. The van der Waals surface area contributed by atoms with Gasteiger partial charge in [-0.1, -0.05) is 6.07 Å². The summed E-state index contributed by atoms with van der Waals surface area (Å²) in [5.74, 6) is 1.73. The SMILES string of the molecule is CNC(=O)c1cnc(NC(=O)C2CC2)cc1Nc1cccc2c1N(C)[C@@H](C)c1nc(C)nn1-2. The van der Waals surface area contributed by atoms with Crippen molar-refractivity contribution in [1.29, 1.82) is 0 Å². The summed E-state index contributed by atoms with van der Waals surface area (Å²) in [6.07, 6.45) is 3.28. The van der Waals surface area contributed by atoms with Crippen LogP contribution in [0.25, 0.3) is 5.69 Å². The van der Waals surface area contributed by atoms with Gasteiger partial charge in [-0.2, -0.15) is 5.10 Å². The fraction of sp³-hybridized carbons (Fsp3) is 0.348. The van der Waals surface area contributed by atoms with E-state index in [4.69, 9.17) is 0 Å². The molecule has 0 bridgehead atoms. The third-order valence-electron chi connectivity index (χ3n) is 6.13. The number of aromatic nitrogens is 4. The second kappa shape index (κ2) is 7.88. The van der Waals surface area contributed by atoms with Crippen molar-refractivity contribution in [3.8, 4) is 5.69 Å². The van der Waals surface area contributed by atoms with Crippen molar-refractivity contribution in [2.75, 3.05) is 29.6 Å². The Morgan fingerprint density at radius 2 is 1.97 bits per heavy atom. The number of hydrogen-bond acceptors (Lipinski definition) is 7. The molecule has 2 amide bonds. The number of carbonyl (C=O) groups excluding carboxylic acids is 2. The molecule has 1 fully saturated rings. The zero-order valence-electron chi connectivity index (χ0n) is 19.0. The van der Waals surface area contributed by atoms with Gasteiger partial charge < -0.3 is 20.9 Å². The lowest BCUT2D eigenvalue weighted by molar-refractivity contribution is -0.117. The number of carbonyl (C=O) groups is 2. The van der Waals surface area contributed by atoms with E-state index in [2.05, 4.69) is 42.8 Å². The fourth-order valence-electron chi connectivity index (χ4n) is 4.08. The minimum atomic E-state index is -0.272. The first-order valence-electron chi connectivity index (χ1n) is 11.0. The van der Waals surface area contributed by atoms with Crippen LogP contribution in [0.5, 0.6) is 0 Å². The second-order valence-electron chi connectivity index (χ2n) is 8.47. The third kappa shape index (κ3) is 3.67. The Bertz CT molecular complexity index is 1260. The van der Waals surface area contributed by atoms with Gasteiger partial charge in [-0.15, -0.1) is 0 Å². The normalized spacial score (nSPS) is 16.6. The Balaban J connectivity index is 1.57. The molecule has 10 heteroatoms. The maximum atomic E-state index is 12.5. The number of fused-ring (bicyclic) bond motifs is 3. The number of pyridine rings is 1. The Labute approximate surface area is 191 Å². The predicted molar refractivity (Wildman–Crippen MR) is 125 cm³/mol. The van der Waals surface area contributed by atoms with Crippen molar-refractivity contribution >= 4 is 34.7 Å². The molecule has 33 heavy (non-hydrogen) atoms. The van der Waals surface area contributed by atoms with E-state index in [0.29, 0.717) is 22.9 Å². The standard InChI is InChI=1S/C23H26N8O2/c1-12-21-26-13(2)29-31(21)18-7-5-6-16(20(18)30(12)4)27-17-10-19(28-22(32)14-8-9-14)25-11-15(17)23(33)24-3/h5-7,10-12,14H,8-9H2,1-4H3,(H,24,33)(H2,25,27,28,32)/t12-/m0/s1. The highest BCUT2D eigenvalue weighted by atomic mass is 16.2. The molecule has 0 saturated heterocycles. The summed E-state index contributed by atoms with van der Waals surface area (Å²) in [4.78, 5) is 35.8.